The van der Waals surface area contributed by atoms with Crippen molar-refractivity contribution < 1.29 is 32.2 Å². The lowest BCUT2D eigenvalue weighted by Crippen LogP contribution is -2.21. The predicted octanol–water partition coefficient (Wildman–Crippen LogP) is 3.54. The van der Waals surface area contributed by atoms with Gasteiger partial charge < -0.3 is 14.8 Å². The van der Waals surface area contributed by atoms with Gasteiger partial charge in [-0.1, -0.05) is 6.07 Å². The number of thioether (sulfide) groups is 1. The molecule has 2 rings (SSSR count). The fraction of sp³-hybridized carbons (Fsp3) is 0.235. The van der Waals surface area contributed by atoms with Crippen molar-refractivity contribution >= 4 is 29.3 Å². The molecule has 1 N–H and O–H groups in total. The Hall–Kier alpha value is -2.75. The molecule has 0 saturated heterocycles. The standard InChI is InChI=1S/C17H15F3N2O4S/c1-27-13-4-2-3-12(7-13)22-14(23)9-25-16(24)11-5-6-15(21-8-11)26-10-17(18,19)20/h2-8H,9-10H2,1H3,(H,22,23). The van der Waals surface area contributed by atoms with Crippen molar-refractivity contribution in [3.63, 3.8) is 0 Å². The molecule has 10 heteroatoms. The van der Waals surface area contributed by atoms with Crippen molar-refractivity contribution in [3.05, 3.63) is 48.2 Å². The highest BCUT2D eigenvalue weighted by atomic mass is 32.2. The maximum atomic E-state index is 12.1. The molecule has 0 unspecified atom stereocenters. The number of carbonyl (C=O) groups is 2. The summed E-state index contributed by atoms with van der Waals surface area (Å²) >= 11 is 1.52. The van der Waals surface area contributed by atoms with Gasteiger partial charge in [0.15, 0.2) is 13.2 Å². The monoisotopic (exact) mass is 400 g/mol. The first-order chi connectivity index (χ1) is 12.8. The van der Waals surface area contributed by atoms with E-state index in [1.165, 1.54) is 17.8 Å². The Kier molecular flexibility index (Phi) is 7.05. The molecular formula is C17H15F3N2O4S. The molecule has 6 nitrogen and oxygen atoms in total. The van der Waals surface area contributed by atoms with E-state index in [1.807, 2.05) is 12.3 Å². The van der Waals surface area contributed by atoms with E-state index in [0.717, 1.165) is 17.2 Å². The molecule has 1 aromatic carbocycles. The normalized spacial score (nSPS) is 11.0. The van der Waals surface area contributed by atoms with E-state index in [9.17, 15) is 22.8 Å². The van der Waals surface area contributed by atoms with E-state index < -0.39 is 31.3 Å². The number of alkyl halides is 3. The highest BCUT2D eigenvalue weighted by Gasteiger charge is 2.28. The fourth-order valence-corrected chi connectivity index (χ4v) is 2.31. The van der Waals surface area contributed by atoms with Crippen LogP contribution in [0, 0.1) is 0 Å². The van der Waals surface area contributed by atoms with Gasteiger partial charge in [-0.3, -0.25) is 4.79 Å². The van der Waals surface area contributed by atoms with Crippen LogP contribution in [0.3, 0.4) is 0 Å². The second-order valence-electron chi connectivity index (χ2n) is 5.15. The minimum Gasteiger partial charge on any atom is -0.468 e. The molecule has 0 bridgehead atoms. The Morgan fingerprint density at radius 3 is 2.63 bits per heavy atom. The number of hydrogen-bond donors (Lipinski definition) is 1. The number of nitrogens with zero attached hydrogens (tertiary/aromatic N) is 1. The van der Waals surface area contributed by atoms with Crippen LogP contribution in [0.15, 0.2) is 47.5 Å². The lowest BCUT2D eigenvalue weighted by molar-refractivity contribution is -0.154. The van der Waals surface area contributed by atoms with E-state index in [-0.39, 0.29) is 11.4 Å². The van der Waals surface area contributed by atoms with Crippen molar-refractivity contribution in [2.45, 2.75) is 11.1 Å². The number of pyridine rings is 1. The quantitative estimate of drug-likeness (QED) is 0.566. The summed E-state index contributed by atoms with van der Waals surface area (Å²) in [5, 5.41) is 2.59. The maximum absolute atomic E-state index is 12.1. The molecule has 0 atom stereocenters. The Balaban J connectivity index is 1.83. The zero-order valence-electron chi connectivity index (χ0n) is 14.1. The van der Waals surface area contributed by atoms with Gasteiger partial charge in [0.1, 0.15) is 0 Å². The molecule has 0 aliphatic carbocycles. The van der Waals surface area contributed by atoms with Gasteiger partial charge in [0, 0.05) is 22.8 Å². The zero-order chi connectivity index (χ0) is 19.9. The van der Waals surface area contributed by atoms with Gasteiger partial charge in [-0.15, -0.1) is 11.8 Å². The van der Waals surface area contributed by atoms with Gasteiger partial charge in [0.05, 0.1) is 5.56 Å². The molecule has 1 aromatic heterocycles. The molecule has 2 aromatic rings. The molecule has 0 aliphatic heterocycles. The third kappa shape index (κ3) is 7.18. The fourth-order valence-electron chi connectivity index (χ4n) is 1.85. The van der Waals surface area contributed by atoms with Crippen molar-refractivity contribution in [3.8, 4) is 5.88 Å². The molecular weight excluding hydrogens is 385 g/mol. The van der Waals surface area contributed by atoms with Crippen LogP contribution < -0.4 is 10.1 Å². The van der Waals surface area contributed by atoms with E-state index in [0.29, 0.717) is 5.69 Å². The Labute approximate surface area is 157 Å². The highest BCUT2D eigenvalue weighted by molar-refractivity contribution is 7.98. The molecule has 0 radical (unpaired) electrons. The van der Waals surface area contributed by atoms with Gasteiger partial charge in [-0.25, -0.2) is 9.78 Å². The van der Waals surface area contributed by atoms with Crippen molar-refractivity contribution in [1.29, 1.82) is 0 Å². The lowest BCUT2D eigenvalue weighted by atomic mass is 10.3. The zero-order valence-corrected chi connectivity index (χ0v) is 14.9. The minimum atomic E-state index is -4.48. The van der Waals surface area contributed by atoms with Gasteiger partial charge >= 0.3 is 12.1 Å². The van der Waals surface area contributed by atoms with Gasteiger partial charge in [-0.2, -0.15) is 13.2 Å². The third-order valence-electron chi connectivity index (χ3n) is 3.04. The van der Waals surface area contributed by atoms with Crippen molar-refractivity contribution in [2.24, 2.45) is 0 Å². The van der Waals surface area contributed by atoms with Crippen molar-refractivity contribution in [1.82, 2.24) is 4.98 Å². The molecule has 144 valence electrons. The number of rotatable bonds is 7. The van der Waals surface area contributed by atoms with Crippen LogP contribution >= 0.6 is 11.8 Å². The lowest BCUT2D eigenvalue weighted by Gasteiger charge is -2.09. The number of amides is 1. The topological polar surface area (TPSA) is 77.5 Å². The smallest absolute Gasteiger partial charge is 0.422 e. The molecule has 0 aliphatic rings. The van der Waals surface area contributed by atoms with Gasteiger partial charge in [0.25, 0.3) is 5.91 Å². The summed E-state index contributed by atoms with van der Waals surface area (Å²) in [7, 11) is 0. The average Bonchev–Trinajstić information content (AvgIpc) is 2.64. The van der Waals surface area contributed by atoms with E-state index in [2.05, 4.69) is 15.0 Å². The molecule has 0 fully saturated rings. The van der Waals surface area contributed by atoms with Gasteiger partial charge in [0.2, 0.25) is 5.88 Å². The first-order valence-electron chi connectivity index (χ1n) is 7.53. The number of hydrogen-bond acceptors (Lipinski definition) is 6. The first kappa shape index (κ1) is 20.6. The molecule has 1 amide bonds. The summed E-state index contributed by atoms with van der Waals surface area (Å²) in [4.78, 5) is 28.3. The summed E-state index contributed by atoms with van der Waals surface area (Å²) < 4.78 is 45.5. The number of esters is 1. The Morgan fingerprint density at radius 1 is 1.22 bits per heavy atom. The summed E-state index contributed by atoms with van der Waals surface area (Å²) in [6, 6.07) is 9.44. The van der Waals surface area contributed by atoms with Crippen molar-refractivity contribution in [2.75, 3.05) is 24.8 Å². The Morgan fingerprint density at radius 2 is 2.00 bits per heavy atom. The van der Waals surface area contributed by atoms with E-state index >= 15 is 0 Å². The van der Waals surface area contributed by atoms with Crippen LogP contribution in [0.4, 0.5) is 18.9 Å². The summed E-state index contributed by atoms with van der Waals surface area (Å²) in [6.07, 6.45) is -1.58. The minimum absolute atomic E-state index is 0.0217. The number of ether oxygens (including phenoxy) is 2. The number of anilines is 1. The number of benzene rings is 1. The summed E-state index contributed by atoms with van der Waals surface area (Å²) in [5.74, 6) is -1.65. The SMILES string of the molecule is CSc1cccc(NC(=O)COC(=O)c2ccc(OCC(F)(F)F)nc2)c1. The van der Waals surface area contributed by atoms with Crippen LogP contribution in [0.25, 0.3) is 0 Å². The number of aromatic nitrogens is 1. The Bertz CT molecular complexity index is 798. The van der Waals surface area contributed by atoms with Gasteiger partial charge in [-0.05, 0) is 30.5 Å². The van der Waals surface area contributed by atoms with Crippen LogP contribution in [0.5, 0.6) is 5.88 Å². The predicted molar refractivity (Wildman–Crippen MR) is 92.9 cm³/mol. The second kappa shape index (κ2) is 9.26. The molecule has 0 spiro atoms. The second-order valence-corrected chi connectivity index (χ2v) is 6.02. The average molecular weight is 400 g/mol. The van der Waals surface area contributed by atoms with Crippen LogP contribution in [-0.4, -0.2) is 42.5 Å². The van der Waals surface area contributed by atoms with E-state index in [4.69, 9.17) is 4.74 Å². The molecule has 0 saturated carbocycles. The summed E-state index contributed by atoms with van der Waals surface area (Å²) in [6.45, 7) is -2.00. The first-order valence-corrected chi connectivity index (χ1v) is 8.76. The highest BCUT2D eigenvalue weighted by Crippen LogP contribution is 2.19. The van der Waals surface area contributed by atoms with E-state index in [1.54, 1.807) is 18.2 Å². The summed E-state index contributed by atoms with van der Waals surface area (Å²) in [5.41, 5.74) is 0.544. The van der Waals surface area contributed by atoms with Crippen LogP contribution in [0.1, 0.15) is 10.4 Å². The number of carbonyl (C=O) groups excluding carboxylic acids is 2. The third-order valence-corrected chi connectivity index (χ3v) is 3.77. The number of halogens is 3. The van der Waals surface area contributed by atoms with Crippen LogP contribution in [-0.2, 0) is 9.53 Å². The molecule has 1 heterocycles. The maximum Gasteiger partial charge on any atom is 0.422 e. The molecule has 27 heavy (non-hydrogen) atoms. The number of nitrogens with one attached hydrogen (secondary N) is 1. The largest absolute Gasteiger partial charge is 0.468 e. The van der Waals surface area contributed by atoms with Crippen LogP contribution in [0.2, 0.25) is 0 Å².